The molecular weight excluding hydrogens is 396 g/mol. The van der Waals surface area contributed by atoms with Crippen LogP contribution in [-0.2, 0) is 14.8 Å². The van der Waals surface area contributed by atoms with Crippen molar-refractivity contribution in [3.8, 4) is 11.5 Å². The lowest BCUT2D eigenvalue weighted by molar-refractivity contribution is -0.117. The number of hydrogen-bond acceptors (Lipinski definition) is 7. The quantitative estimate of drug-likeness (QED) is 0.552. The van der Waals surface area contributed by atoms with Gasteiger partial charge in [0.15, 0.2) is 0 Å². The van der Waals surface area contributed by atoms with Gasteiger partial charge in [-0.05, 0) is 48.7 Å². The van der Waals surface area contributed by atoms with E-state index in [0.717, 1.165) is 5.56 Å². The molecule has 2 unspecified atom stereocenters. The van der Waals surface area contributed by atoms with Gasteiger partial charge in [-0.15, -0.1) is 0 Å². The maximum absolute atomic E-state index is 12.7. The van der Waals surface area contributed by atoms with E-state index in [0.29, 0.717) is 23.4 Å². The second-order valence-electron chi connectivity index (χ2n) is 6.78. The van der Waals surface area contributed by atoms with Gasteiger partial charge in [-0.1, -0.05) is 12.1 Å². The zero-order valence-electron chi connectivity index (χ0n) is 16.4. The highest BCUT2D eigenvalue weighted by Crippen LogP contribution is 2.30. The van der Waals surface area contributed by atoms with E-state index in [9.17, 15) is 13.2 Å². The van der Waals surface area contributed by atoms with Gasteiger partial charge in [-0.3, -0.25) is 4.79 Å². The number of amides is 1. The number of hydrogen-bond donors (Lipinski definition) is 4. The molecule has 1 aliphatic rings. The van der Waals surface area contributed by atoms with Crippen LogP contribution < -0.4 is 30.8 Å². The van der Waals surface area contributed by atoms with Crippen molar-refractivity contribution < 1.29 is 22.7 Å². The molecule has 2 aromatic carbocycles. The minimum absolute atomic E-state index is 0.100. The number of carbonyl (C=O) groups excluding carboxylic acids is 1. The number of nitrogens with one attached hydrogen (secondary N) is 3. The first-order valence-electron chi connectivity index (χ1n) is 8.90. The van der Waals surface area contributed by atoms with Gasteiger partial charge in [0.05, 0.1) is 19.9 Å². The molecule has 29 heavy (non-hydrogen) atoms. The van der Waals surface area contributed by atoms with Gasteiger partial charge < -0.3 is 14.8 Å². The highest BCUT2D eigenvalue weighted by Gasteiger charge is 2.31. The lowest BCUT2D eigenvalue weighted by atomic mass is 10.0. The van der Waals surface area contributed by atoms with E-state index in [1.165, 1.54) is 13.2 Å². The molecule has 1 aliphatic heterocycles. The number of primary sulfonamides is 1. The van der Waals surface area contributed by atoms with Gasteiger partial charge in [0.1, 0.15) is 22.4 Å². The summed E-state index contributed by atoms with van der Waals surface area (Å²) < 4.78 is 34.0. The zero-order chi connectivity index (χ0) is 21.2. The average molecular weight is 420 g/mol. The van der Waals surface area contributed by atoms with Gasteiger partial charge in [0, 0.05) is 6.04 Å². The van der Waals surface area contributed by atoms with Crippen molar-refractivity contribution in [3.63, 3.8) is 0 Å². The average Bonchev–Trinajstić information content (AvgIpc) is 3.17. The lowest BCUT2D eigenvalue weighted by Gasteiger charge is -2.14. The van der Waals surface area contributed by atoms with E-state index in [1.54, 1.807) is 25.3 Å². The van der Waals surface area contributed by atoms with Gasteiger partial charge in [-0.2, -0.15) is 0 Å². The highest BCUT2D eigenvalue weighted by atomic mass is 32.2. The van der Waals surface area contributed by atoms with Crippen LogP contribution in [-0.4, -0.2) is 34.6 Å². The monoisotopic (exact) mass is 420 g/mol. The molecule has 0 radical (unpaired) electrons. The predicted molar refractivity (Wildman–Crippen MR) is 108 cm³/mol. The standard InChI is InChI=1S/C19H24N4O5S/c1-11-4-6-16(27-2)14(8-11)21-19(24)15-10-13(22-23-15)12-5-7-17(28-3)18(9-12)29(20,25)26/h4-9,13,15,22-23H,10H2,1-3H3,(H,21,24)(H2,20,25,26). The summed E-state index contributed by atoms with van der Waals surface area (Å²) >= 11 is 0. The van der Waals surface area contributed by atoms with Crippen LogP contribution in [0.5, 0.6) is 11.5 Å². The molecule has 1 saturated heterocycles. The summed E-state index contributed by atoms with van der Waals surface area (Å²) in [7, 11) is -1.03. The first kappa shape index (κ1) is 21.1. The van der Waals surface area contributed by atoms with Crippen molar-refractivity contribution in [2.75, 3.05) is 19.5 Å². The number of ether oxygens (including phenoxy) is 2. The summed E-state index contributed by atoms with van der Waals surface area (Å²) in [6, 6.07) is 9.45. The normalized spacial score (nSPS) is 19.0. The first-order chi connectivity index (χ1) is 13.7. The molecule has 2 atom stereocenters. The molecular formula is C19H24N4O5S. The van der Waals surface area contributed by atoms with Crippen LogP contribution in [0, 0.1) is 6.92 Å². The number of hydrazine groups is 1. The van der Waals surface area contributed by atoms with Gasteiger partial charge in [0.2, 0.25) is 15.9 Å². The summed E-state index contributed by atoms with van der Waals surface area (Å²) in [6.07, 6.45) is 0.413. The molecule has 156 valence electrons. The Hall–Kier alpha value is -2.66. The minimum Gasteiger partial charge on any atom is -0.495 e. The second kappa shape index (κ2) is 8.37. The van der Waals surface area contributed by atoms with Crippen LogP contribution in [0.4, 0.5) is 5.69 Å². The fourth-order valence-electron chi connectivity index (χ4n) is 3.22. The van der Waals surface area contributed by atoms with Crippen molar-refractivity contribution in [3.05, 3.63) is 47.5 Å². The van der Waals surface area contributed by atoms with Crippen LogP contribution in [0.15, 0.2) is 41.3 Å². The number of benzene rings is 2. The topological polar surface area (TPSA) is 132 Å². The van der Waals surface area contributed by atoms with E-state index in [-0.39, 0.29) is 22.6 Å². The SMILES string of the molecule is COc1ccc(C)cc1NC(=O)C1CC(c2ccc(OC)c(S(N)(=O)=O)c2)NN1. The molecule has 3 rings (SSSR count). The van der Waals surface area contributed by atoms with E-state index in [1.807, 2.05) is 19.1 Å². The summed E-state index contributed by atoms with van der Waals surface area (Å²) in [5, 5.41) is 8.15. The van der Waals surface area contributed by atoms with Crippen LogP contribution in [0.25, 0.3) is 0 Å². The first-order valence-corrected chi connectivity index (χ1v) is 10.4. The maximum atomic E-state index is 12.7. The third-order valence-corrected chi connectivity index (χ3v) is 5.66. The molecule has 9 nitrogen and oxygen atoms in total. The summed E-state index contributed by atoms with van der Waals surface area (Å²) in [6.45, 7) is 1.92. The number of nitrogens with two attached hydrogens (primary N) is 1. The maximum Gasteiger partial charge on any atom is 0.243 e. The summed E-state index contributed by atoms with van der Waals surface area (Å²) in [5.41, 5.74) is 8.23. The molecule has 0 saturated carbocycles. The number of rotatable bonds is 6. The zero-order valence-corrected chi connectivity index (χ0v) is 17.2. The fourth-order valence-corrected chi connectivity index (χ4v) is 3.95. The Bertz CT molecular complexity index is 1030. The summed E-state index contributed by atoms with van der Waals surface area (Å²) in [5.74, 6) is 0.506. The molecule has 0 bridgehead atoms. The van der Waals surface area contributed by atoms with E-state index < -0.39 is 16.1 Å². The molecule has 5 N–H and O–H groups in total. The van der Waals surface area contributed by atoms with Gasteiger partial charge in [-0.25, -0.2) is 24.4 Å². The van der Waals surface area contributed by atoms with Gasteiger partial charge >= 0.3 is 0 Å². The number of aryl methyl sites for hydroxylation is 1. The third-order valence-electron chi connectivity index (χ3n) is 4.73. The molecule has 0 spiro atoms. The lowest BCUT2D eigenvalue weighted by Crippen LogP contribution is -2.39. The van der Waals surface area contributed by atoms with Crippen LogP contribution in [0.1, 0.15) is 23.6 Å². The molecule has 0 aromatic heterocycles. The van der Waals surface area contributed by atoms with Crippen molar-refractivity contribution in [1.29, 1.82) is 0 Å². The van der Waals surface area contributed by atoms with E-state index in [2.05, 4.69) is 16.2 Å². The second-order valence-corrected chi connectivity index (χ2v) is 8.31. The molecule has 10 heteroatoms. The molecule has 1 amide bonds. The molecule has 2 aromatic rings. The van der Waals surface area contributed by atoms with Crippen molar-refractivity contribution in [1.82, 2.24) is 10.9 Å². The molecule has 1 heterocycles. The Morgan fingerprint density at radius 1 is 1.10 bits per heavy atom. The molecule has 0 aliphatic carbocycles. The Balaban J connectivity index is 1.75. The number of carbonyl (C=O) groups is 1. The Labute approximate surface area is 169 Å². The smallest absolute Gasteiger partial charge is 0.243 e. The summed E-state index contributed by atoms with van der Waals surface area (Å²) in [4.78, 5) is 12.6. The fraction of sp³-hybridized carbons (Fsp3) is 0.316. The third kappa shape index (κ3) is 4.67. The Morgan fingerprint density at radius 3 is 2.45 bits per heavy atom. The number of sulfonamides is 1. The van der Waals surface area contributed by atoms with E-state index in [4.69, 9.17) is 14.6 Å². The van der Waals surface area contributed by atoms with Crippen molar-refractivity contribution in [2.45, 2.75) is 30.3 Å². The predicted octanol–water partition coefficient (Wildman–Crippen LogP) is 1.21. The number of methoxy groups -OCH3 is 2. The highest BCUT2D eigenvalue weighted by molar-refractivity contribution is 7.89. The number of anilines is 1. The van der Waals surface area contributed by atoms with Crippen LogP contribution in [0.3, 0.4) is 0 Å². The van der Waals surface area contributed by atoms with Crippen molar-refractivity contribution in [2.24, 2.45) is 5.14 Å². The minimum atomic E-state index is -3.95. The van der Waals surface area contributed by atoms with Crippen LogP contribution in [0.2, 0.25) is 0 Å². The Morgan fingerprint density at radius 2 is 1.79 bits per heavy atom. The Kier molecular flexibility index (Phi) is 6.08. The molecule has 1 fully saturated rings. The van der Waals surface area contributed by atoms with Gasteiger partial charge in [0.25, 0.3) is 0 Å². The van der Waals surface area contributed by atoms with Crippen molar-refractivity contribution >= 4 is 21.6 Å². The van der Waals surface area contributed by atoms with E-state index >= 15 is 0 Å². The van der Waals surface area contributed by atoms with Crippen LogP contribution >= 0.6 is 0 Å². The largest absolute Gasteiger partial charge is 0.495 e.